The number of nitrogens with zero attached hydrogens (tertiary/aromatic N) is 5. The first-order valence-corrected chi connectivity index (χ1v) is 10.2. The summed E-state index contributed by atoms with van der Waals surface area (Å²) in [6.07, 6.45) is 4.30. The molecule has 1 fully saturated rings. The molecule has 2 aliphatic heterocycles. The van der Waals surface area contributed by atoms with Crippen LogP contribution in [0.15, 0.2) is 54.4 Å². The molecule has 2 atom stereocenters. The molecule has 2 aliphatic rings. The molecule has 1 aromatic carbocycles. The summed E-state index contributed by atoms with van der Waals surface area (Å²) >= 11 is 0. The summed E-state index contributed by atoms with van der Waals surface area (Å²) in [4.78, 5) is 22.0. The van der Waals surface area contributed by atoms with Crippen molar-refractivity contribution in [1.29, 1.82) is 0 Å². The highest BCUT2D eigenvalue weighted by atomic mass is 16.5. The number of nitrogen functional groups attached to an aromatic ring is 1. The molecule has 1 aromatic heterocycles. The van der Waals surface area contributed by atoms with Crippen molar-refractivity contribution >= 4 is 17.9 Å². The smallest absolute Gasteiger partial charge is 0.246 e. The number of benzene rings is 1. The summed E-state index contributed by atoms with van der Waals surface area (Å²) in [7, 11) is 0. The van der Waals surface area contributed by atoms with Gasteiger partial charge < -0.3 is 20.1 Å². The molecule has 2 N–H and O–H groups in total. The molecule has 3 heterocycles. The van der Waals surface area contributed by atoms with Crippen LogP contribution in [0.2, 0.25) is 0 Å². The number of hydrazone groups is 1. The number of ether oxygens (including phenoxy) is 2. The van der Waals surface area contributed by atoms with E-state index < -0.39 is 0 Å². The van der Waals surface area contributed by atoms with E-state index in [1.807, 2.05) is 29.4 Å². The topological polar surface area (TPSA) is 106 Å². The van der Waals surface area contributed by atoms with Gasteiger partial charge in [0.1, 0.15) is 24.9 Å². The van der Waals surface area contributed by atoms with Crippen molar-refractivity contribution in [3.8, 4) is 5.88 Å². The Morgan fingerprint density at radius 1 is 1.29 bits per heavy atom. The first-order valence-electron chi connectivity index (χ1n) is 10.2. The standard InChI is InChI=1S/C22H26N6O3/c1-2-19(29)27-8-9-30-18(13-27)14-31-22-20(21(23)24-15-25-22)17-10-26-28(12-17)11-16-6-4-3-5-7-16/h2-7,10,15,17-18H,1,8-9,11-14H2,(H2,23,24,25)/t17?,18-/m1/s1. The molecule has 0 saturated carbocycles. The fourth-order valence-corrected chi connectivity index (χ4v) is 3.74. The van der Waals surface area contributed by atoms with Crippen molar-refractivity contribution < 1.29 is 14.3 Å². The SMILES string of the molecule is C=CC(=O)N1CCO[C@@H](COc2ncnc(N)c2C2C=NN(Cc3ccccc3)C2)C1. The second-order valence-corrected chi connectivity index (χ2v) is 7.47. The number of hydrogen-bond acceptors (Lipinski definition) is 8. The van der Waals surface area contributed by atoms with Crippen LogP contribution in [0.5, 0.6) is 5.88 Å². The van der Waals surface area contributed by atoms with Crippen LogP contribution in [0.3, 0.4) is 0 Å². The molecule has 0 spiro atoms. The highest BCUT2D eigenvalue weighted by molar-refractivity contribution is 5.87. The lowest BCUT2D eigenvalue weighted by atomic mass is 10.0. The zero-order valence-electron chi connectivity index (χ0n) is 17.3. The molecule has 0 aliphatic carbocycles. The van der Waals surface area contributed by atoms with Crippen molar-refractivity contribution in [2.75, 3.05) is 38.6 Å². The lowest BCUT2D eigenvalue weighted by Crippen LogP contribution is -2.47. The predicted molar refractivity (Wildman–Crippen MR) is 117 cm³/mol. The second-order valence-electron chi connectivity index (χ2n) is 7.47. The number of aromatic nitrogens is 2. The van der Waals surface area contributed by atoms with E-state index in [9.17, 15) is 4.79 Å². The number of carbonyl (C=O) groups excluding carboxylic acids is 1. The van der Waals surface area contributed by atoms with Crippen molar-refractivity contribution in [3.63, 3.8) is 0 Å². The Balaban J connectivity index is 1.40. The summed E-state index contributed by atoms with van der Waals surface area (Å²) in [5, 5.41) is 6.51. The van der Waals surface area contributed by atoms with Crippen LogP contribution in [0.25, 0.3) is 0 Å². The van der Waals surface area contributed by atoms with Gasteiger partial charge in [0.05, 0.1) is 25.3 Å². The molecule has 9 heteroatoms. The number of rotatable bonds is 7. The summed E-state index contributed by atoms with van der Waals surface area (Å²) in [6, 6.07) is 10.2. The molecule has 4 rings (SSSR count). The lowest BCUT2D eigenvalue weighted by molar-refractivity contribution is -0.134. The van der Waals surface area contributed by atoms with Crippen LogP contribution in [-0.4, -0.2) is 71.0 Å². The van der Waals surface area contributed by atoms with Gasteiger partial charge in [-0.05, 0) is 11.6 Å². The molecule has 0 bridgehead atoms. The number of hydrogen-bond donors (Lipinski definition) is 1. The molecular formula is C22H26N6O3. The Bertz CT molecular complexity index is 952. The van der Waals surface area contributed by atoms with Gasteiger partial charge in [-0.25, -0.2) is 9.97 Å². The van der Waals surface area contributed by atoms with Gasteiger partial charge in [-0.15, -0.1) is 0 Å². The summed E-state index contributed by atoms with van der Waals surface area (Å²) in [6.45, 7) is 6.60. The number of morpholine rings is 1. The lowest BCUT2D eigenvalue weighted by Gasteiger charge is -2.32. The third kappa shape index (κ3) is 5.00. The third-order valence-electron chi connectivity index (χ3n) is 5.31. The quantitative estimate of drug-likeness (QED) is 0.673. The van der Waals surface area contributed by atoms with Crippen LogP contribution in [0.1, 0.15) is 17.0 Å². The summed E-state index contributed by atoms with van der Waals surface area (Å²) < 4.78 is 11.7. The maximum absolute atomic E-state index is 11.9. The van der Waals surface area contributed by atoms with E-state index in [1.165, 1.54) is 18.0 Å². The number of amides is 1. The van der Waals surface area contributed by atoms with Gasteiger partial charge in [0.15, 0.2) is 0 Å². The third-order valence-corrected chi connectivity index (χ3v) is 5.31. The van der Waals surface area contributed by atoms with Gasteiger partial charge in [0.25, 0.3) is 0 Å². The van der Waals surface area contributed by atoms with Crippen LogP contribution >= 0.6 is 0 Å². The maximum atomic E-state index is 11.9. The minimum atomic E-state index is -0.256. The minimum absolute atomic E-state index is 0.0778. The fraction of sp³-hybridized carbons (Fsp3) is 0.364. The average Bonchev–Trinajstić information content (AvgIpc) is 3.25. The van der Waals surface area contributed by atoms with Crippen LogP contribution in [0.4, 0.5) is 5.82 Å². The molecule has 1 unspecified atom stereocenters. The Morgan fingerprint density at radius 3 is 2.94 bits per heavy atom. The Labute approximate surface area is 181 Å². The van der Waals surface area contributed by atoms with Crippen molar-refractivity contribution in [3.05, 3.63) is 60.4 Å². The van der Waals surface area contributed by atoms with E-state index in [4.69, 9.17) is 15.2 Å². The monoisotopic (exact) mass is 422 g/mol. The number of anilines is 1. The molecular weight excluding hydrogens is 396 g/mol. The summed E-state index contributed by atoms with van der Waals surface area (Å²) in [5.41, 5.74) is 8.08. The summed E-state index contributed by atoms with van der Waals surface area (Å²) in [5.74, 6) is 0.601. The van der Waals surface area contributed by atoms with Gasteiger partial charge in [0, 0.05) is 25.2 Å². The normalized spacial score (nSPS) is 20.6. The highest BCUT2D eigenvalue weighted by Gasteiger charge is 2.28. The molecule has 2 aromatic rings. The highest BCUT2D eigenvalue weighted by Crippen LogP contribution is 2.31. The van der Waals surface area contributed by atoms with E-state index in [2.05, 4.69) is 33.8 Å². The first-order chi connectivity index (χ1) is 15.1. The average molecular weight is 422 g/mol. The minimum Gasteiger partial charge on any atom is -0.474 e. The second kappa shape index (κ2) is 9.57. The van der Waals surface area contributed by atoms with Gasteiger partial charge >= 0.3 is 0 Å². The maximum Gasteiger partial charge on any atom is 0.246 e. The van der Waals surface area contributed by atoms with E-state index in [0.29, 0.717) is 44.5 Å². The number of carbonyl (C=O) groups is 1. The molecule has 162 valence electrons. The van der Waals surface area contributed by atoms with E-state index in [1.54, 1.807) is 4.90 Å². The van der Waals surface area contributed by atoms with E-state index in [-0.39, 0.29) is 24.5 Å². The van der Waals surface area contributed by atoms with Gasteiger partial charge in [-0.2, -0.15) is 5.10 Å². The Morgan fingerprint density at radius 2 is 2.13 bits per heavy atom. The van der Waals surface area contributed by atoms with Gasteiger partial charge in [0.2, 0.25) is 11.8 Å². The molecule has 1 amide bonds. The van der Waals surface area contributed by atoms with Gasteiger partial charge in [-0.3, -0.25) is 9.80 Å². The number of nitrogens with two attached hydrogens (primary N) is 1. The van der Waals surface area contributed by atoms with Crippen molar-refractivity contribution in [2.24, 2.45) is 5.10 Å². The largest absolute Gasteiger partial charge is 0.474 e. The van der Waals surface area contributed by atoms with Crippen molar-refractivity contribution in [2.45, 2.75) is 18.6 Å². The van der Waals surface area contributed by atoms with E-state index in [0.717, 1.165) is 5.56 Å². The van der Waals surface area contributed by atoms with Gasteiger partial charge in [-0.1, -0.05) is 36.9 Å². The Hall–Kier alpha value is -3.46. The Kier molecular flexibility index (Phi) is 6.42. The van der Waals surface area contributed by atoms with Crippen LogP contribution in [0, 0.1) is 0 Å². The van der Waals surface area contributed by atoms with E-state index >= 15 is 0 Å². The molecule has 0 radical (unpaired) electrons. The van der Waals surface area contributed by atoms with Crippen LogP contribution < -0.4 is 10.5 Å². The predicted octanol–water partition coefficient (Wildman–Crippen LogP) is 1.44. The zero-order valence-corrected chi connectivity index (χ0v) is 17.3. The fourth-order valence-electron chi connectivity index (χ4n) is 3.74. The molecule has 9 nitrogen and oxygen atoms in total. The first kappa shape index (κ1) is 20.8. The molecule has 31 heavy (non-hydrogen) atoms. The van der Waals surface area contributed by atoms with Crippen LogP contribution in [-0.2, 0) is 16.1 Å². The van der Waals surface area contributed by atoms with Crippen molar-refractivity contribution in [1.82, 2.24) is 19.9 Å². The molecule has 1 saturated heterocycles. The zero-order chi connectivity index (χ0) is 21.6.